The maximum atomic E-state index is 13.3. The van der Waals surface area contributed by atoms with Gasteiger partial charge < -0.3 is 20.7 Å². The molecule has 22 heavy (non-hydrogen) atoms. The van der Waals surface area contributed by atoms with Gasteiger partial charge in [-0.15, -0.1) is 0 Å². The van der Waals surface area contributed by atoms with Crippen molar-refractivity contribution in [3.8, 4) is 17.0 Å². The van der Waals surface area contributed by atoms with Gasteiger partial charge in [-0.1, -0.05) is 11.6 Å². The summed E-state index contributed by atoms with van der Waals surface area (Å²) in [5.41, 5.74) is 4.91. The zero-order valence-corrected chi connectivity index (χ0v) is 12.6. The number of nitrogens with two attached hydrogens (primary N) is 1. The van der Waals surface area contributed by atoms with Crippen molar-refractivity contribution in [2.24, 2.45) is 5.73 Å². The summed E-state index contributed by atoms with van der Waals surface area (Å²) in [5, 5.41) is 19.6. The van der Waals surface area contributed by atoms with Crippen LogP contribution in [0.2, 0.25) is 5.02 Å². The molecule has 0 spiro atoms. The Balaban J connectivity index is 2.60. The molecule has 118 valence electrons. The van der Waals surface area contributed by atoms with E-state index in [1.165, 1.54) is 31.4 Å². The van der Waals surface area contributed by atoms with E-state index >= 15 is 0 Å². The van der Waals surface area contributed by atoms with Gasteiger partial charge in [-0.25, -0.2) is 9.37 Å². The van der Waals surface area contributed by atoms with Crippen LogP contribution in [0, 0.1) is 5.82 Å². The lowest BCUT2D eigenvalue weighted by Crippen LogP contribution is -2.39. The quantitative estimate of drug-likeness (QED) is 0.778. The number of nitrogens with zero attached hydrogens (tertiary/aromatic N) is 1. The summed E-state index contributed by atoms with van der Waals surface area (Å²) in [5.74, 6) is -0.127. The molecule has 2 rings (SSSR count). The number of benzene rings is 1. The Labute approximate surface area is 132 Å². The fourth-order valence-electron chi connectivity index (χ4n) is 1.97. The summed E-state index contributed by atoms with van der Waals surface area (Å²) >= 11 is 5.79. The Bertz CT molecular complexity index is 678. The molecule has 1 aromatic carbocycles. The second-order valence-electron chi connectivity index (χ2n) is 4.77. The molecule has 0 saturated carbocycles. The van der Waals surface area contributed by atoms with Crippen LogP contribution in [0.15, 0.2) is 30.3 Å². The molecular weight excluding hydrogens is 311 g/mol. The molecule has 0 radical (unpaired) electrons. The Kier molecular flexibility index (Phi) is 4.97. The number of halogens is 2. The van der Waals surface area contributed by atoms with E-state index < -0.39 is 18.0 Å². The molecule has 0 saturated heterocycles. The fourth-order valence-corrected chi connectivity index (χ4v) is 2.15. The van der Waals surface area contributed by atoms with E-state index in [-0.39, 0.29) is 17.3 Å². The number of ether oxygens (including phenoxy) is 1. The third-order valence-corrected chi connectivity index (χ3v) is 3.64. The van der Waals surface area contributed by atoms with Crippen LogP contribution >= 0.6 is 11.6 Å². The Morgan fingerprint density at radius 2 is 2.09 bits per heavy atom. The van der Waals surface area contributed by atoms with Crippen LogP contribution in [0.1, 0.15) is 5.69 Å². The highest BCUT2D eigenvalue weighted by atomic mass is 35.5. The van der Waals surface area contributed by atoms with E-state index in [1.54, 1.807) is 6.07 Å². The molecular formula is C15H16ClFN2O3. The maximum Gasteiger partial charge on any atom is 0.145 e. The van der Waals surface area contributed by atoms with Gasteiger partial charge in [0.05, 0.1) is 24.4 Å². The number of hydrogen-bond acceptors (Lipinski definition) is 5. The minimum absolute atomic E-state index is 0.0528. The minimum atomic E-state index is -1.66. The number of methoxy groups -OCH3 is 1. The van der Waals surface area contributed by atoms with E-state index in [1.807, 2.05) is 0 Å². The molecule has 1 aromatic heterocycles. The number of rotatable bonds is 5. The van der Waals surface area contributed by atoms with Gasteiger partial charge in [-0.3, -0.25) is 0 Å². The third-order valence-electron chi connectivity index (χ3n) is 3.35. The second-order valence-corrected chi connectivity index (χ2v) is 5.18. The van der Waals surface area contributed by atoms with Crippen molar-refractivity contribution in [1.82, 2.24) is 4.98 Å². The van der Waals surface area contributed by atoms with E-state index in [0.29, 0.717) is 17.0 Å². The second kappa shape index (κ2) is 6.58. The van der Waals surface area contributed by atoms with Crippen LogP contribution in [0.4, 0.5) is 4.39 Å². The Hall–Kier alpha value is -1.73. The number of aromatic nitrogens is 1. The third kappa shape index (κ3) is 3.05. The van der Waals surface area contributed by atoms with Crippen molar-refractivity contribution < 1.29 is 19.3 Å². The zero-order valence-electron chi connectivity index (χ0n) is 11.9. The summed E-state index contributed by atoms with van der Waals surface area (Å²) in [4.78, 5) is 4.30. The topological polar surface area (TPSA) is 88.6 Å². The summed E-state index contributed by atoms with van der Waals surface area (Å²) < 4.78 is 18.5. The largest absolute Gasteiger partial charge is 0.494 e. The SMILES string of the molecule is COc1ccc(C(O)(CN)CO)nc1-c1ccc(F)c(Cl)c1. The lowest BCUT2D eigenvalue weighted by Gasteiger charge is -2.24. The van der Waals surface area contributed by atoms with Gasteiger partial charge in [0.2, 0.25) is 0 Å². The molecule has 0 fully saturated rings. The van der Waals surface area contributed by atoms with Crippen LogP contribution in [0.5, 0.6) is 5.75 Å². The van der Waals surface area contributed by atoms with Gasteiger partial charge in [0.1, 0.15) is 22.9 Å². The first-order valence-corrected chi connectivity index (χ1v) is 6.87. The molecule has 0 bridgehead atoms. The van der Waals surface area contributed by atoms with Crippen LogP contribution in [-0.4, -0.2) is 35.5 Å². The molecule has 1 unspecified atom stereocenters. The summed E-state index contributed by atoms with van der Waals surface area (Å²) in [6.45, 7) is -0.779. The van der Waals surface area contributed by atoms with Crippen LogP contribution in [0.3, 0.4) is 0 Å². The first kappa shape index (κ1) is 16.6. The van der Waals surface area contributed by atoms with E-state index in [4.69, 9.17) is 22.1 Å². The molecule has 5 nitrogen and oxygen atoms in total. The van der Waals surface area contributed by atoms with E-state index in [0.717, 1.165) is 0 Å². The van der Waals surface area contributed by atoms with Crippen molar-refractivity contribution in [2.45, 2.75) is 5.60 Å². The highest BCUT2D eigenvalue weighted by Gasteiger charge is 2.29. The van der Waals surface area contributed by atoms with Crippen molar-refractivity contribution >= 4 is 11.6 Å². The molecule has 0 aliphatic rings. The smallest absolute Gasteiger partial charge is 0.145 e. The first-order valence-electron chi connectivity index (χ1n) is 6.49. The van der Waals surface area contributed by atoms with Crippen LogP contribution in [0.25, 0.3) is 11.3 Å². The van der Waals surface area contributed by atoms with Crippen molar-refractivity contribution in [3.05, 3.63) is 46.9 Å². The first-order chi connectivity index (χ1) is 10.4. The normalized spacial score (nSPS) is 13.7. The Morgan fingerprint density at radius 1 is 1.36 bits per heavy atom. The summed E-state index contributed by atoms with van der Waals surface area (Å²) in [7, 11) is 1.46. The van der Waals surface area contributed by atoms with E-state index in [9.17, 15) is 14.6 Å². The van der Waals surface area contributed by atoms with Crippen LogP contribution < -0.4 is 10.5 Å². The molecule has 1 atom stereocenters. The van der Waals surface area contributed by atoms with Crippen molar-refractivity contribution in [2.75, 3.05) is 20.3 Å². The van der Waals surface area contributed by atoms with Crippen LogP contribution in [-0.2, 0) is 5.60 Å². The average Bonchev–Trinajstić information content (AvgIpc) is 2.56. The number of hydrogen-bond donors (Lipinski definition) is 3. The van der Waals surface area contributed by atoms with Gasteiger partial charge in [0, 0.05) is 12.1 Å². The lowest BCUT2D eigenvalue weighted by atomic mass is 9.99. The van der Waals surface area contributed by atoms with Gasteiger partial charge in [-0.05, 0) is 30.3 Å². The Morgan fingerprint density at radius 3 is 2.64 bits per heavy atom. The molecule has 7 heteroatoms. The highest BCUT2D eigenvalue weighted by Crippen LogP contribution is 2.32. The molecule has 0 amide bonds. The number of pyridine rings is 1. The predicted molar refractivity (Wildman–Crippen MR) is 81.2 cm³/mol. The molecule has 0 aliphatic heterocycles. The van der Waals surface area contributed by atoms with Gasteiger partial charge >= 0.3 is 0 Å². The number of aliphatic hydroxyl groups is 2. The molecule has 4 N–H and O–H groups in total. The highest BCUT2D eigenvalue weighted by molar-refractivity contribution is 6.31. The predicted octanol–water partition coefficient (Wildman–Crippen LogP) is 1.69. The maximum absolute atomic E-state index is 13.3. The van der Waals surface area contributed by atoms with Gasteiger partial charge in [0.15, 0.2) is 0 Å². The van der Waals surface area contributed by atoms with Crippen molar-refractivity contribution in [3.63, 3.8) is 0 Å². The fraction of sp³-hybridized carbons (Fsp3) is 0.267. The average molecular weight is 327 g/mol. The zero-order chi connectivity index (χ0) is 16.3. The molecule has 1 heterocycles. The molecule has 2 aromatic rings. The van der Waals surface area contributed by atoms with Gasteiger partial charge in [0.25, 0.3) is 0 Å². The lowest BCUT2D eigenvalue weighted by molar-refractivity contribution is -0.0145. The van der Waals surface area contributed by atoms with Gasteiger partial charge in [-0.2, -0.15) is 0 Å². The standard InChI is InChI=1S/C15H16ClFN2O3/c1-22-12-4-5-13(15(21,7-18)8-20)19-14(12)9-2-3-11(17)10(16)6-9/h2-6,20-21H,7-8,18H2,1H3. The minimum Gasteiger partial charge on any atom is -0.494 e. The summed E-state index contributed by atoms with van der Waals surface area (Å²) in [6, 6.07) is 7.22. The number of aliphatic hydroxyl groups excluding tert-OH is 1. The molecule has 0 aliphatic carbocycles. The monoisotopic (exact) mass is 326 g/mol. The summed E-state index contributed by atoms with van der Waals surface area (Å²) in [6.07, 6.45) is 0. The van der Waals surface area contributed by atoms with E-state index in [2.05, 4.69) is 4.98 Å². The van der Waals surface area contributed by atoms with Crippen molar-refractivity contribution in [1.29, 1.82) is 0 Å².